The van der Waals surface area contributed by atoms with E-state index in [0.29, 0.717) is 0 Å². The third-order valence-corrected chi connectivity index (χ3v) is 2.76. The fourth-order valence-corrected chi connectivity index (χ4v) is 1.92. The molecule has 0 spiro atoms. The smallest absolute Gasteiger partial charge is 0.320 e. The van der Waals surface area contributed by atoms with Gasteiger partial charge in [0.1, 0.15) is 0 Å². The summed E-state index contributed by atoms with van der Waals surface area (Å²) in [5.74, 6) is 5.13. The summed E-state index contributed by atoms with van der Waals surface area (Å²) in [6, 6.07) is 0.0662. The second kappa shape index (κ2) is 5.17. The minimum absolute atomic E-state index is 0.171. The van der Waals surface area contributed by atoms with Gasteiger partial charge in [0, 0.05) is 19.1 Å². The zero-order chi connectivity index (χ0) is 10.6. The summed E-state index contributed by atoms with van der Waals surface area (Å²) in [6.07, 6.45) is 1.02. The monoisotopic (exact) mass is 200 g/mol. The normalized spacial score (nSPS) is 24.5. The van der Waals surface area contributed by atoms with Crippen LogP contribution in [0.15, 0.2) is 0 Å². The van der Waals surface area contributed by atoms with Gasteiger partial charge in [-0.1, -0.05) is 6.92 Å². The molecule has 82 valence electrons. The lowest BCUT2D eigenvalue weighted by molar-refractivity contribution is 0.175. The number of hydrazine groups is 1. The largest absolute Gasteiger partial charge is 0.331 e. The number of likely N-dealkylation sites (N-methyl/N-ethyl adjacent to an activating group) is 1. The molecule has 5 nitrogen and oxygen atoms in total. The molecule has 0 bridgehead atoms. The first-order chi connectivity index (χ1) is 6.69. The molecule has 3 N–H and O–H groups in total. The summed E-state index contributed by atoms with van der Waals surface area (Å²) in [4.78, 5) is 15.6. The fourth-order valence-electron chi connectivity index (χ4n) is 1.92. The minimum atomic E-state index is -0.171. The Labute approximate surface area is 85.2 Å². The molecular weight excluding hydrogens is 180 g/mol. The Morgan fingerprint density at radius 3 is 2.86 bits per heavy atom. The molecule has 1 rings (SSSR count). The van der Waals surface area contributed by atoms with E-state index in [-0.39, 0.29) is 12.1 Å². The number of rotatable bonds is 1. The van der Waals surface area contributed by atoms with Crippen molar-refractivity contribution in [3.05, 3.63) is 0 Å². The molecule has 0 aromatic carbocycles. The minimum Gasteiger partial charge on any atom is -0.320 e. The molecule has 1 atom stereocenters. The quantitative estimate of drug-likeness (QED) is 0.355. The Morgan fingerprint density at radius 1 is 1.57 bits per heavy atom. The van der Waals surface area contributed by atoms with Gasteiger partial charge in [-0.15, -0.1) is 0 Å². The van der Waals surface area contributed by atoms with Crippen molar-refractivity contribution in [2.75, 3.05) is 26.2 Å². The van der Waals surface area contributed by atoms with Crippen molar-refractivity contribution < 1.29 is 4.79 Å². The molecule has 0 aromatic heterocycles. The molecule has 1 heterocycles. The van der Waals surface area contributed by atoms with E-state index in [0.717, 1.165) is 32.6 Å². The van der Waals surface area contributed by atoms with Gasteiger partial charge in [0.2, 0.25) is 0 Å². The molecule has 2 amide bonds. The van der Waals surface area contributed by atoms with Crippen molar-refractivity contribution in [1.82, 2.24) is 15.2 Å². The van der Waals surface area contributed by atoms with Crippen molar-refractivity contribution >= 4 is 6.03 Å². The maximum atomic E-state index is 11.4. The summed E-state index contributed by atoms with van der Waals surface area (Å²) < 4.78 is 0. The number of amides is 2. The molecule has 14 heavy (non-hydrogen) atoms. The average Bonchev–Trinajstić information content (AvgIpc) is 2.38. The number of nitrogens with one attached hydrogen (secondary N) is 1. The van der Waals surface area contributed by atoms with Crippen LogP contribution in [-0.2, 0) is 0 Å². The Bertz CT molecular complexity index is 197. The number of hydrogen-bond donors (Lipinski definition) is 2. The van der Waals surface area contributed by atoms with Gasteiger partial charge in [-0.25, -0.2) is 10.6 Å². The summed E-state index contributed by atoms with van der Waals surface area (Å²) in [7, 11) is 0. The van der Waals surface area contributed by atoms with Gasteiger partial charge in [0.05, 0.1) is 0 Å². The lowest BCUT2D eigenvalue weighted by Gasteiger charge is -2.27. The fraction of sp³-hybridized carbons (Fsp3) is 0.889. The second-order valence-electron chi connectivity index (χ2n) is 3.74. The highest BCUT2D eigenvalue weighted by Crippen LogP contribution is 2.09. The third-order valence-electron chi connectivity index (χ3n) is 2.76. The van der Waals surface area contributed by atoms with Crippen LogP contribution in [0.25, 0.3) is 0 Å². The van der Waals surface area contributed by atoms with Gasteiger partial charge in [-0.3, -0.25) is 5.43 Å². The third kappa shape index (κ3) is 2.59. The van der Waals surface area contributed by atoms with E-state index in [1.165, 1.54) is 0 Å². The van der Waals surface area contributed by atoms with Crippen LogP contribution in [0, 0.1) is 0 Å². The number of nitrogens with two attached hydrogens (primary N) is 1. The SMILES string of the molecule is CCN1CCCN(C(=O)NN)C(C)C1. The molecule has 1 fully saturated rings. The van der Waals surface area contributed by atoms with Gasteiger partial charge in [-0.05, 0) is 26.4 Å². The van der Waals surface area contributed by atoms with E-state index in [2.05, 4.69) is 24.2 Å². The molecule has 0 aromatic rings. The first-order valence-electron chi connectivity index (χ1n) is 5.18. The highest BCUT2D eigenvalue weighted by atomic mass is 16.2. The molecule has 0 saturated carbocycles. The number of carbonyl (C=O) groups excluding carboxylic acids is 1. The van der Waals surface area contributed by atoms with E-state index < -0.39 is 0 Å². The van der Waals surface area contributed by atoms with E-state index >= 15 is 0 Å². The van der Waals surface area contributed by atoms with Crippen LogP contribution in [0.4, 0.5) is 4.79 Å². The molecular formula is C9H20N4O. The number of nitrogens with zero attached hydrogens (tertiary/aromatic N) is 2. The van der Waals surface area contributed by atoms with E-state index in [4.69, 9.17) is 5.84 Å². The second-order valence-corrected chi connectivity index (χ2v) is 3.74. The molecule has 1 unspecified atom stereocenters. The lowest BCUT2D eigenvalue weighted by Crippen LogP contribution is -2.49. The average molecular weight is 200 g/mol. The predicted molar refractivity (Wildman–Crippen MR) is 55.6 cm³/mol. The molecule has 1 saturated heterocycles. The zero-order valence-electron chi connectivity index (χ0n) is 8.99. The Balaban J connectivity index is 2.57. The Hall–Kier alpha value is -0.810. The van der Waals surface area contributed by atoms with Gasteiger partial charge in [0.25, 0.3) is 0 Å². The van der Waals surface area contributed by atoms with Gasteiger partial charge < -0.3 is 9.80 Å². The summed E-state index contributed by atoms with van der Waals surface area (Å²) in [6.45, 7) is 8.04. The summed E-state index contributed by atoms with van der Waals surface area (Å²) in [5, 5.41) is 0. The van der Waals surface area contributed by atoms with Gasteiger partial charge >= 0.3 is 6.03 Å². The van der Waals surface area contributed by atoms with Crippen molar-refractivity contribution in [2.24, 2.45) is 5.84 Å². The maximum Gasteiger partial charge on any atom is 0.331 e. The standard InChI is InChI=1S/C9H20N4O/c1-3-12-5-4-6-13(8(2)7-12)9(14)11-10/h8H,3-7,10H2,1-2H3,(H,11,14). The first kappa shape index (κ1) is 11.3. The predicted octanol–water partition coefficient (Wildman–Crippen LogP) is -0.0142. The molecule has 1 aliphatic rings. The van der Waals surface area contributed by atoms with Crippen molar-refractivity contribution in [3.8, 4) is 0 Å². The molecule has 0 radical (unpaired) electrons. The van der Waals surface area contributed by atoms with Crippen LogP contribution in [0.5, 0.6) is 0 Å². The maximum absolute atomic E-state index is 11.4. The zero-order valence-corrected chi connectivity index (χ0v) is 8.99. The van der Waals surface area contributed by atoms with Crippen LogP contribution in [0.2, 0.25) is 0 Å². The van der Waals surface area contributed by atoms with Crippen LogP contribution in [0.3, 0.4) is 0 Å². The van der Waals surface area contributed by atoms with Crippen molar-refractivity contribution in [3.63, 3.8) is 0 Å². The van der Waals surface area contributed by atoms with Gasteiger partial charge in [0.15, 0.2) is 0 Å². The van der Waals surface area contributed by atoms with Crippen LogP contribution in [0.1, 0.15) is 20.3 Å². The Kier molecular flexibility index (Phi) is 4.16. The van der Waals surface area contributed by atoms with Crippen LogP contribution >= 0.6 is 0 Å². The van der Waals surface area contributed by atoms with Crippen molar-refractivity contribution in [1.29, 1.82) is 0 Å². The van der Waals surface area contributed by atoms with Gasteiger partial charge in [-0.2, -0.15) is 0 Å². The van der Waals surface area contributed by atoms with Crippen molar-refractivity contribution in [2.45, 2.75) is 26.3 Å². The van der Waals surface area contributed by atoms with Crippen LogP contribution in [-0.4, -0.2) is 48.1 Å². The topological polar surface area (TPSA) is 61.6 Å². The van der Waals surface area contributed by atoms with Crippen LogP contribution < -0.4 is 11.3 Å². The number of carbonyl (C=O) groups is 1. The molecule has 5 heteroatoms. The number of hydrogen-bond acceptors (Lipinski definition) is 3. The van der Waals surface area contributed by atoms with E-state index in [1.54, 1.807) is 4.90 Å². The lowest BCUT2D eigenvalue weighted by atomic mass is 10.3. The molecule has 0 aliphatic carbocycles. The molecule has 1 aliphatic heterocycles. The summed E-state index contributed by atoms with van der Waals surface area (Å²) in [5.41, 5.74) is 2.19. The highest BCUT2D eigenvalue weighted by Gasteiger charge is 2.23. The number of urea groups is 1. The first-order valence-corrected chi connectivity index (χ1v) is 5.18. The van der Waals surface area contributed by atoms with E-state index in [1.807, 2.05) is 0 Å². The highest BCUT2D eigenvalue weighted by molar-refractivity contribution is 5.73. The van der Waals surface area contributed by atoms with E-state index in [9.17, 15) is 4.79 Å². The summed E-state index contributed by atoms with van der Waals surface area (Å²) >= 11 is 0. The Morgan fingerprint density at radius 2 is 2.29 bits per heavy atom.